The van der Waals surface area contributed by atoms with Crippen molar-refractivity contribution in [3.8, 4) is 5.75 Å². The lowest BCUT2D eigenvalue weighted by Crippen LogP contribution is -2.59. The molecular formula is C15H18N2O4. The summed E-state index contributed by atoms with van der Waals surface area (Å²) in [7, 11) is 0. The quantitative estimate of drug-likeness (QED) is 0.768. The van der Waals surface area contributed by atoms with Gasteiger partial charge in [0.15, 0.2) is 0 Å². The highest BCUT2D eigenvalue weighted by molar-refractivity contribution is 5.98. The number of ether oxygens (including phenoxy) is 2. The zero-order valence-corrected chi connectivity index (χ0v) is 11.8. The Bertz CT molecular complexity index is 575. The Morgan fingerprint density at radius 3 is 3.10 bits per heavy atom. The highest BCUT2D eigenvalue weighted by Gasteiger charge is 2.51. The van der Waals surface area contributed by atoms with Crippen LogP contribution in [0, 0.1) is 5.92 Å². The molecule has 0 unspecified atom stereocenters. The van der Waals surface area contributed by atoms with Crippen molar-refractivity contribution in [1.82, 2.24) is 10.6 Å². The number of carbonyl (C=O) groups is 2. The van der Waals surface area contributed by atoms with Gasteiger partial charge in [0.05, 0.1) is 18.1 Å². The molecule has 2 aliphatic rings. The third-order valence-electron chi connectivity index (χ3n) is 4.01. The van der Waals surface area contributed by atoms with E-state index in [0.29, 0.717) is 31.0 Å². The van der Waals surface area contributed by atoms with Crippen LogP contribution in [0.4, 0.5) is 0 Å². The first kappa shape index (κ1) is 13.9. The summed E-state index contributed by atoms with van der Waals surface area (Å²) in [6.45, 7) is 3.28. The molecular weight excluding hydrogens is 272 g/mol. The van der Waals surface area contributed by atoms with Gasteiger partial charge in [-0.05, 0) is 19.1 Å². The van der Waals surface area contributed by atoms with Crippen LogP contribution < -0.4 is 15.4 Å². The van der Waals surface area contributed by atoms with E-state index in [1.807, 2.05) is 6.07 Å². The van der Waals surface area contributed by atoms with Gasteiger partial charge in [0.25, 0.3) is 5.91 Å². The monoisotopic (exact) mass is 290 g/mol. The molecule has 0 saturated carbocycles. The summed E-state index contributed by atoms with van der Waals surface area (Å²) in [6.07, 6.45) is 0. The van der Waals surface area contributed by atoms with E-state index < -0.39 is 11.5 Å². The Kier molecular flexibility index (Phi) is 3.55. The lowest BCUT2D eigenvalue weighted by atomic mass is 9.87. The number of hydrogen-bond donors (Lipinski definition) is 2. The summed E-state index contributed by atoms with van der Waals surface area (Å²) >= 11 is 0. The molecule has 0 radical (unpaired) electrons. The van der Waals surface area contributed by atoms with Crippen LogP contribution in [-0.2, 0) is 9.53 Å². The molecule has 112 valence electrons. The number of fused-ring (bicyclic) bond motifs is 1. The second kappa shape index (κ2) is 5.37. The van der Waals surface area contributed by atoms with E-state index in [-0.39, 0.29) is 18.5 Å². The van der Waals surface area contributed by atoms with E-state index >= 15 is 0 Å². The molecule has 1 saturated heterocycles. The molecule has 0 bridgehead atoms. The number of carbonyl (C=O) groups excluding carboxylic acids is 2. The Balaban J connectivity index is 1.90. The fourth-order valence-electron chi connectivity index (χ4n) is 2.91. The van der Waals surface area contributed by atoms with E-state index in [4.69, 9.17) is 9.47 Å². The standard InChI is InChI=1S/C15H18N2O4/c1-2-20-14(19)11-7-16-8-15(11)9-21-12-6-4-3-5-10(12)13(18)17-15/h3-6,11,16H,2,7-9H2,1H3,(H,17,18)/t11-,15-/m0/s1. The maximum absolute atomic E-state index is 12.4. The average Bonchev–Trinajstić information content (AvgIpc) is 2.83. The van der Waals surface area contributed by atoms with Crippen molar-refractivity contribution in [2.75, 3.05) is 26.3 Å². The van der Waals surface area contributed by atoms with E-state index in [0.717, 1.165) is 0 Å². The van der Waals surface area contributed by atoms with Crippen LogP contribution in [0.5, 0.6) is 5.75 Å². The van der Waals surface area contributed by atoms with Crippen LogP contribution in [0.1, 0.15) is 17.3 Å². The van der Waals surface area contributed by atoms with E-state index in [1.165, 1.54) is 0 Å². The lowest BCUT2D eigenvalue weighted by Gasteiger charge is -2.31. The Labute approximate surface area is 122 Å². The Hall–Kier alpha value is -2.08. The highest BCUT2D eigenvalue weighted by atomic mass is 16.5. The second-order valence-corrected chi connectivity index (χ2v) is 5.33. The zero-order valence-electron chi connectivity index (χ0n) is 11.8. The maximum Gasteiger partial charge on any atom is 0.312 e. The Morgan fingerprint density at radius 2 is 2.29 bits per heavy atom. The third-order valence-corrected chi connectivity index (χ3v) is 4.01. The summed E-state index contributed by atoms with van der Waals surface area (Å²) in [5.74, 6) is -0.435. The van der Waals surface area contributed by atoms with Crippen LogP contribution in [0.3, 0.4) is 0 Å². The second-order valence-electron chi connectivity index (χ2n) is 5.33. The molecule has 0 aromatic heterocycles. The smallest absolute Gasteiger partial charge is 0.312 e. The number of benzene rings is 1. The van der Waals surface area contributed by atoms with Gasteiger partial charge in [0, 0.05) is 13.1 Å². The van der Waals surface area contributed by atoms with E-state index in [1.54, 1.807) is 25.1 Å². The summed E-state index contributed by atoms with van der Waals surface area (Å²) in [5, 5.41) is 6.12. The molecule has 2 atom stereocenters. The van der Waals surface area contributed by atoms with Crippen LogP contribution >= 0.6 is 0 Å². The van der Waals surface area contributed by atoms with Crippen molar-refractivity contribution in [1.29, 1.82) is 0 Å². The molecule has 2 heterocycles. The van der Waals surface area contributed by atoms with E-state index in [2.05, 4.69) is 10.6 Å². The van der Waals surface area contributed by atoms with Gasteiger partial charge in [0.1, 0.15) is 17.9 Å². The van der Waals surface area contributed by atoms with Crippen LogP contribution in [0.2, 0.25) is 0 Å². The predicted molar refractivity (Wildman–Crippen MR) is 75.1 cm³/mol. The molecule has 2 N–H and O–H groups in total. The van der Waals surface area contributed by atoms with E-state index in [9.17, 15) is 9.59 Å². The van der Waals surface area contributed by atoms with Crippen molar-refractivity contribution in [3.63, 3.8) is 0 Å². The molecule has 1 spiro atoms. The number of esters is 1. The SMILES string of the molecule is CCOC(=O)[C@@H]1CNC[C@]12COc1ccccc1C(=O)N2. The molecule has 1 aromatic rings. The largest absolute Gasteiger partial charge is 0.490 e. The number of para-hydroxylation sites is 1. The third kappa shape index (κ3) is 2.35. The first-order chi connectivity index (χ1) is 10.2. The minimum atomic E-state index is -0.762. The van der Waals surface area contributed by atoms with Gasteiger partial charge in [-0.1, -0.05) is 12.1 Å². The molecule has 1 amide bonds. The number of nitrogens with one attached hydrogen (secondary N) is 2. The molecule has 6 heteroatoms. The summed E-state index contributed by atoms with van der Waals surface area (Å²) in [4.78, 5) is 24.6. The molecule has 6 nitrogen and oxygen atoms in total. The topological polar surface area (TPSA) is 76.7 Å². The number of rotatable bonds is 2. The minimum Gasteiger partial charge on any atom is -0.490 e. The normalized spacial score (nSPS) is 27.5. The fraction of sp³-hybridized carbons (Fsp3) is 0.467. The molecule has 21 heavy (non-hydrogen) atoms. The van der Waals surface area contributed by atoms with Crippen molar-refractivity contribution in [2.24, 2.45) is 5.92 Å². The van der Waals surface area contributed by atoms with Gasteiger partial charge in [-0.15, -0.1) is 0 Å². The van der Waals surface area contributed by atoms with Crippen molar-refractivity contribution >= 4 is 11.9 Å². The fourth-order valence-corrected chi connectivity index (χ4v) is 2.91. The molecule has 3 rings (SSSR count). The summed E-state index contributed by atoms with van der Waals surface area (Å²) in [5.41, 5.74) is -0.272. The van der Waals surface area contributed by atoms with Gasteiger partial charge >= 0.3 is 5.97 Å². The van der Waals surface area contributed by atoms with Gasteiger partial charge in [0.2, 0.25) is 0 Å². The molecule has 0 aliphatic carbocycles. The van der Waals surface area contributed by atoms with Gasteiger partial charge in [-0.2, -0.15) is 0 Å². The Morgan fingerprint density at radius 1 is 1.48 bits per heavy atom. The molecule has 1 aromatic carbocycles. The van der Waals surface area contributed by atoms with Gasteiger partial charge < -0.3 is 20.1 Å². The average molecular weight is 290 g/mol. The van der Waals surface area contributed by atoms with Gasteiger partial charge in [-0.3, -0.25) is 9.59 Å². The van der Waals surface area contributed by atoms with Crippen LogP contribution in [0.15, 0.2) is 24.3 Å². The predicted octanol–water partition coefficient (Wildman–Crippen LogP) is 0.330. The minimum absolute atomic E-state index is 0.221. The van der Waals surface area contributed by atoms with Crippen molar-refractivity contribution < 1.29 is 19.1 Å². The number of amides is 1. The first-order valence-corrected chi connectivity index (χ1v) is 7.08. The van der Waals surface area contributed by atoms with Crippen LogP contribution in [-0.4, -0.2) is 43.7 Å². The first-order valence-electron chi connectivity index (χ1n) is 7.08. The number of hydrogen-bond acceptors (Lipinski definition) is 5. The summed E-state index contributed by atoms with van der Waals surface area (Å²) in [6, 6.07) is 7.08. The molecule has 1 fully saturated rings. The van der Waals surface area contributed by atoms with Crippen molar-refractivity contribution in [3.05, 3.63) is 29.8 Å². The summed E-state index contributed by atoms with van der Waals surface area (Å²) < 4.78 is 10.9. The van der Waals surface area contributed by atoms with Crippen LogP contribution in [0.25, 0.3) is 0 Å². The highest BCUT2D eigenvalue weighted by Crippen LogP contribution is 2.30. The van der Waals surface area contributed by atoms with Gasteiger partial charge in [-0.25, -0.2) is 0 Å². The molecule has 2 aliphatic heterocycles. The lowest BCUT2D eigenvalue weighted by molar-refractivity contribution is -0.149. The zero-order chi connectivity index (χ0) is 14.9. The maximum atomic E-state index is 12.4. The van der Waals surface area contributed by atoms with Crippen molar-refractivity contribution in [2.45, 2.75) is 12.5 Å².